The molecule has 2 aromatic carbocycles. The Morgan fingerprint density at radius 1 is 1.03 bits per heavy atom. The number of carbonyl (C=O) groups excluding carboxylic acids is 1. The van der Waals surface area contributed by atoms with Gasteiger partial charge in [0.15, 0.2) is 5.76 Å². The third-order valence-electron chi connectivity index (χ3n) is 4.99. The van der Waals surface area contributed by atoms with Gasteiger partial charge in [0, 0.05) is 31.1 Å². The molecular formula is C23H19N5O3. The number of furan rings is 1. The zero-order valence-electron chi connectivity index (χ0n) is 16.8. The third kappa shape index (κ3) is 3.83. The van der Waals surface area contributed by atoms with Crippen molar-refractivity contribution in [3.05, 3.63) is 72.8 Å². The van der Waals surface area contributed by atoms with Crippen molar-refractivity contribution in [2.45, 2.75) is 12.8 Å². The van der Waals surface area contributed by atoms with Gasteiger partial charge in [-0.15, -0.1) is 0 Å². The monoisotopic (exact) mass is 413 g/mol. The predicted molar refractivity (Wildman–Crippen MR) is 115 cm³/mol. The number of aryl methyl sites for hydroxylation is 2. The maximum absolute atomic E-state index is 12.3. The molecule has 0 spiro atoms. The highest BCUT2D eigenvalue weighted by molar-refractivity contribution is 5.91. The third-order valence-corrected chi connectivity index (χ3v) is 4.99. The Kier molecular flexibility index (Phi) is 4.80. The van der Waals surface area contributed by atoms with Crippen molar-refractivity contribution in [2.24, 2.45) is 7.05 Å². The molecule has 0 aliphatic rings. The Morgan fingerprint density at radius 3 is 2.65 bits per heavy atom. The highest BCUT2D eigenvalue weighted by atomic mass is 16.5. The largest absolute Gasteiger partial charge is 0.461 e. The fourth-order valence-electron chi connectivity index (χ4n) is 3.41. The Morgan fingerprint density at radius 2 is 1.87 bits per heavy atom. The number of hydrogen-bond acceptors (Lipinski definition) is 6. The maximum atomic E-state index is 12.3. The number of benzene rings is 2. The molecule has 5 rings (SSSR count). The SMILES string of the molecule is Cn1c(-c2ccc(NC(=O)CCc3nc(-c4ccco4)no3)cc2)nc2ccccc21. The van der Waals surface area contributed by atoms with Crippen LogP contribution in [-0.4, -0.2) is 25.6 Å². The van der Waals surface area contributed by atoms with Crippen molar-refractivity contribution in [3.8, 4) is 23.0 Å². The number of imidazole rings is 1. The van der Waals surface area contributed by atoms with Crippen molar-refractivity contribution in [1.82, 2.24) is 19.7 Å². The molecule has 0 unspecified atom stereocenters. The minimum absolute atomic E-state index is 0.131. The predicted octanol–water partition coefficient (Wildman–Crippen LogP) is 4.45. The van der Waals surface area contributed by atoms with Crippen molar-refractivity contribution in [2.75, 3.05) is 5.32 Å². The summed E-state index contributed by atoms with van der Waals surface area (Å²) in [5, 5.41) is 6.75. The molecule has 0 fully saturated rings. The van der Waals surface area contributed by atoms with E-state index in [4.69, 9.17) is 13.9 Å². The molecule has 31 heavy (non-hydrogen) atoms. The van der Waals surface area contributed by atoms with E-state index < -0.39 is 0 Å². The van der Waals surface area contributed by atoms with Crippen LogP contribution in [0.3, 0.4) is 0 Å². The summed E-state index contributed by atoms with van der Waals surface area (Å²) in [7, 11) is 2.00. The summed E-state index contributed by atoms with van der Waals surface area (Å²) >= 11 is 0. The van der Waals surface area contributed by atoms with E-state index in [1.54, 1.807) is 18.4 Å². The zero-order valence-corrected chi connectivity index (χ0v) is 16.8. The van der Waals surface area contributed by atoms with E-state index in [0.29, 0.717) is 29.6 Å². The first-order chi connectivity index (χ1) is 15.2. The smallest absolute Gasteiger partial charge is 0.238 e. The minimum atomic E-state index is -0.131. The number of anilines is 1. The molecule has 0 aliphatic heterocycles. The second kappa shape index (κ2) is 7.91. The van der Waals surface area contributed by atoms with E-state index in [1.807, 2.05) is 55.6 Å². The summed E-state index contributed by atoms with van der Waals surface area (Å²) in [6.45, 7) is 0. The molecule has 1 N–H and O–H groups in total. The van der Waals surface area contributed by atoms with Gasteiger partial charge in [-0.3, -0.25) is 4.79 Å². The summed E-state index contributed by atoms with van der Waals surface area (Å²) < 4.78 is 12.5. The lowest BCUT2D eigenvalue weighted by Crippen LogP contribution is -2.12. The van der Waals surface area contributed by atoms with Crippen molar-refractivity contribution >= 4 is 22.6 Å². The van der Waals surface area contributed by atoms with Gasteiger partial charge in [-0.25, -0.2) is 4.98 Å². The number of para-hydroxylation sites is 2. The fraction of sp³-hybridized carbons (Fsp3) is 0.130. The Balaban J connectivity index is 1.21. The van der Waals surface area contributed by atoms with Gasteiger partial charge >= 0.3 is 0 Å². The van der Waals surface area contributed by atoms with Crippen LogP contribution in [-0.2, 0) is 18.3 Å². The van der Waals surface area contributed by atoms with E-state index in [9.17, 15) is 4.79 Å². The van der Waals surface area contributed by atoms with Crippen molar-refractivity contribution in [1.29, 1.82) is 0 Å². The van der Waals surface area contributed by atoms with Crippen LogP contribution in [0.15, 0.2) is 75.9 Å². The van der Waals surface area contributed by atoms with Gasteiger partial charge in [0.25, 0.3) is 0 Å². The summed E-state index contributed by atoms with van der Waals surface area (Å²) in [6.07, 6.45) is 2.12. The number of carbonyl (C=O) groups is 1. The number of nitrogens with zero attached hydrogens (tertiary/aromatic N) is 4. The molecule has 0 atom stereocenters. The summed E-state index contributed by atoms with van der Waals surface area (Å²) in [5.41, 5.74) is 3.72. The van der Waals surface area contributed by atoms with Gasteiger partial charge in [-0.2, -0.15) is 4.98 Å². The van der Waals surface area contributed by atoms with E-state index in [2.05, 4.69) is 20.0 Å². The molecule has 0 saturated heterocycles. The van der Waals surface area contributed by atoms with Gasteiger partial charge in [0.2, 0.25) is 17.6 Å². The summed E-state index contributed by atoms with van der Waals surface area (Å²) in [4.78, 5) is 21.3. The standard InChI is InChI=1S/C23H19N5O3/c1-28-18-6-3-2-5-17(18)25-23(28)15-8-10-16(11-9-15)24-20(29)12-13-21-26-22(27-31-21)19-7-4-14-30-19/h2-11,14H,12-13H2,1H3,(H,24,29). The second-order valence-corrected chi connectivity index (χ2v) is 7.10. The lowest BCUT2D eigenvalue weighted by molar-refractivity contribution is -0.116. The van der Waals surface area contributed by atoms with E-state index in [1.165, 1.54) is 0 Å². The normalized spacial score (nSPS) is 11.1. The molecule has 3 heterocycles. The van der Waals surface area contributed by atoms with Crippen LogP contribution in [0, 0.1) is 0 Å². The van der Waals surface area contributed by atoms with Gasteiger partial charge in [0.05, 0.1) is 17.3 Å². The average molecular weight is 413 g/mol. The number of fused-ring (bicyclic) bond motifs is 1. The molecule has 8 nitrogen and oxygen atoms in total. The zero-order chi connectivity index (χ0) is 21.2. The Bertz CT molecular complexity index is 1330. The molecule has 0 aliphatic carbocycles. The summed E-state index contributed by atoms with van der Waals surface area (Å²) in [5.74, 6) is 2.04. The average Bonchev–Trinajstić information content (AvgIpc) is 3.54. The topological polar surface area (TPSA) is 99.0 Å². The second-order valence-electron chi connectivity index (χ2n) is 7.10. The first kappa shape index (κ1) is 18.8. The van der Waals surface area contributed by atoms with Crippen molar-refractivity contribution < 1.29 is 13.7 Å². The molecule has 0 bridgehead atoms. The van der Waals surface area contributed by atoms with Crippen molar-refractivity contribution in [3.63, 3.8) is 0 Å². The number of amides is 1. The van der Waals surface area contributed by atoms with Crippen LogP contribution < -0.4 is 5.32 Å². The maximum Gasteiger partial charge on any atom is 0.238 e. The van der Waals surface area contributed by atoms with Crippen LogP contribution in [0.4, 0.5) is 5.69 Å². The van der Waals surface area contributed by atoms with Crippen LogP contribution in [0.25, 0.3) is 34.0 Å². The first-order valence-corrected chi connectivity index (χ1v) is 9.85. The van der Waals surface area contributed by atoms with Crippen LogP contribution in [0.2, 0.25) is 0 Å². The van der Waals surface area contributed by atoms with Gasteiger partial charge < -0.3 is 18.8 Å². The van der Waals surface area contributed by atoms with E-state index in [0.717, 1.165) is 22.4 Å². The molecule has 154 valence electrons. The van der Waals surface area contributed by atoms with E-state index in [-0.39, 0.29) is 12.3 Å². The molecule has 3 aromatic heterocycles. The number of nitrogens with one attached hydrogen (secondary N) is 1. The van der Waals surface area contributed by atoms with Gasteiger partial charge in [-0.05, 0) is 48.5 Å². The molecular weight excluding hydrogens is 394 g/mol. The van der Waals surface area contributed by atoms with Gasteiger partial charge in [0.1, 0.15) is 5.82 Å². The molecule has 0 saturated carbocycles. The molecule has 8 heteroatoms. The fourth-order valence-corrected chi connectivity index (χ4v) is 3.41. The Hall–Kier alpha value is -4.20. The minimum Gasteiger partial charge on any atom is -0.461 e. The van der Waals surface area contributed by atoms with Gasteiger partial charge in [-0.1, -0.05) is 17.3 Å². The highest BCUT2D eigenvalue weighted by Crippen LogP contribution is 2.25. The number of aromatic nitrogens is 4. The quantitative estimate of drug-likeness (QED) is 0.441. The highest BCUT2D eigenvalue weighted by Gasteiger charge is 2.13. The lowest BCUT2D eigenvalue weighted by Gasteiger charge is -2.06. The first-order valence-electron chi connectivity index (χ1n) is 9.85. The number of rotatable bonds is 6. The Labute approximate surface area is 177 Å². The molecule has 5 aromatic rings. The molecule has 1 amide bonds. The van der Waals surface area contributed by atoms with Crippen LogP contribution in [0.5, 0.6) is 0 Å². The lowest BCUT2D eigenvalue weighted by atomic mass is 10.2. The summed E-state index contributed by atoms with van der Waals surface area (Å²) in [6, 6.07) is 19.1. The van der Waals surface area contributed by atoms with Crippen LogP contribution >= 0.6 is 0 Å². The number of hydrogen-bond donors (Lipinski definition) is 1. The van der Waals surface area contributed by atoms with Crippen LogP contribution in [0.1, 0.15) is 12.3 Å². The van der Waals surface area contributed by atoms with E-state index >= 15 is 0 Å². The molecule has 0 radical (unpaired) electrons.